The van der Waals surface area contributed by atoms with E-state index in [0.717, 1.165) is 0 Å². The van der Waals surface area contributed by atoms with Crippen LogP contribution < -0.4 is 4.74 Å². The third-order valence-corrected chi connectivity index (χ3v) is 2.64. The summed E-state index contributed by atoms with van der Waals surface area (Å²) in [7, 11) is 3.28. The van der Waals surface area contributed by atoms with Crippen LogP contribution in [-0.4, -0.2) is 31.0 Å². The Morgan fingerprint density at radius 1 is 1.50 bits per heavy atom. The number of halogens is 2. The minimum absolute atomic E-state index is 0.170. The van der Waals surface area contributed by atoms with Gasteiger partial charge in [0.25, 0.3) is 5.91 Å². The Morgan fingerprint density at radius 2 is 2.12 bits per heavy atom. The first kappa shape index (κ1) is 13.0. The summed E-state index contributed by atoms with van der Waals surface area (Å²) in [4.78, 5) is 13.0. The average molecular weight is 290 g/mol. The van der Waals surface area contributed by atoms with Crippen LogP contribution in [0.25, 0.3) is 0 Å². The number of amides is 1. The van der Waals surface area contributed by atoms with Gasteiger partial charge in [-0.25, -0.2) is 4.39 Å². The number of hydrogen-bond donors (Lipinski definition) is 0. The van der Waals surface area contributed by atoms with Crippen LogP contribution in [0.15, 0.2) is 22.7 Å². The molecule has 0 aliphatic carbocycles. The van der Waals surface area contributed by atoms with Crippen LogP contribution in [-0.2, 0) is 4.79 Å². The molecule has 1 amide bonds. The van der Waals surface area contributed by atoms with Gasteiger partial charge in [0.05, 0.1) is 4.47 Å². The Balaban J connectivity index is 2.80. The van der Waals surface area contributed by atoms with Crippen molar-refractivity contribution in [2.75, 3.05) is 14.1 Å². The van der Waals surface area contributed by atoms with Crippen LogP contribution in [0.3, 0.4) is 0 Å². The third-order valence-electron chi connectivity index (χ3n) is 1.99. The first-order valence-electron chi connectivity index (χ1n) is 4.74. The van der Waals surface area contributed by atoms with Gasteiger partial charge in [-0.05, 0) is 35.0 Å². The number of likely N-dealkylation sites (N-methyl/N-ethyl adjacent to an activating group) is 1. The SMILES string of the molecule is CC(Oc1cc(F)ccc1Br)C(=O)N(C)C. The number of nitrogens with zero attached hydrogens (tertiary/aromatic N) is 1. The molecule has 1 unspecified atom stereocenters. The van der Waals surface area contributed by atoms with E-state index in [2.05, 4.69) is 15.9 Å². The second-order valence-corrected chi connectivity index (χ2v) is 4.42. The molecule has 0 bridgehead atoms. The maximum Gasteiger partial charge on any atom is 0.262 e. The molecule has 0 aliphatic heterocycles. The molecule has 16 heavy (non-hydrogen) atoms. The molecule has 1 rings (SSSR count). The van der Waals surface area contributed by atoms with Crippen LogP contribution >= 0.6 is 15.9 Å². The van der Waals surface area contributed by atoms with Gasteiger partial charge in [-0.3, -0.25) is 4.79 Å². The topological polar surface area (TPSA) is 29.5 Å². The van der Waals surface area contributed by atoms with Crippen molar-refractivity contribution in [2.45, 2.75) is 13.0 Å². The van der Waals surface area contributed by atoms with Crippen LogP contribution in [0, 0.1) is 5.82 Å². The average Bonchev–Trinajstić information content (AvgIpc) is 2.22. The van der Waals surface area contributed by atoms with Gasteiger partial charge in [0.15, 0.2) is 6.10 Å². The lowest BCUT2D eigenvalue weighted by atomic mass is 10.3. The zero-order valence-electron chi connectivity index (χ0n) is 9.33. The van der Waals surface area contributed by atoms with Gasteiger partial charge in [0.1, 0.15) is 11.6 Å². The molecule has 0 radical (unpaired) electrons. The molecular formula is C11H13BrFNO2. The third kappa shape index (κ3) is 3.20. The highest BCUT2D eigenvalue weighted by Gasteiger charge is 2.17. The van der Waals surface area contributed by atoms with Gasteiger partial charge >= 0.3 is 0 Å². The van der Waals surface area contributed by atoms with Crippen molar-refractivity contribution in [1.29, 1.82) is 0 Å². The Kier molecular flexibility index (Phi) is 4.29. The summed E-state index contributed by atoms with van der Waals surface area (Å²) in [6.07, 6.45) is -0.645. The molecule has 0 aliphatic rings. The number of rotatable bonds is 3. The van der Waals surface area contributed by atoms with Gasteiger partial charge in [0.2, 0.25) is 0 Å². The molecule has 0 spiro atoms. The molecule has 3 nitrogen and oxygen atoms in total. The molecule has 0 saturated heterocycles. The minimum atomic E-state index is -0.645. The summed E-state index contributed by atoms with van der Waals surface area (Å²) in [6.45, 7) is 1.62. The van der Waals surface area contributed by atoms with Crippen molar-refractivity contribution in [3.63, 3.8) is 0 Å². The summed E-state index contributed by atoms with van der Waals surface area (Å²) < 4.78 is 18.9. The first-order chi connectivity index (χ1) is 7.41. The standard InChI is InChI=1S/C11H13BrFNO2/c1-7(11(15)14(2)3)16-10-6-8(13)4-5-9(10)12/h4-7H,1-3H3. The Labute approximate surface area is 102 Å². The van der Waals surface area contributed by atoms with Crippen LogP contribution in [0.2, 0.25) is 0 Å². The molecule has 0 fully saturated rings. The Hall–Kier alpha value is -1.10. The van der Waals surface area contributed by atoms with E-state index in [-0.39, 0.29) is 5.91 Å². The predicted octanol–water partition coefficient (Wildman–Crippen LogP) is 2.44. The second-order valence-electron chi connectivity index (χ2n) is 3.57. The quantitative estimate of drug-likeness (QED) is 0.855. The normalized spacial score (nSPS) is 12.1. The maximum absolute atomic E-state index is 13.0. The second kappa shape index (κ2) is 5.30. The van der Waals surface area contributed by atoms with E-state index in [1.807, 2.05) is 0 Å². The Bertz CT molecular complexity index is 396. The smallest absolute Gasteiger partial charge is 0.262 e. The molecule has 5 heteroatoms. The number of ether oxygens (including phenoxy) is 1. The molecule has 1 aromatic rings. The zero-order valence-corrected chi connectivity index (χ0v) is 10.9. The van der Waals surface area contributed by atoms with E-state index in [0.29, 0.717) is 10.2 Å². The maximum atomic E-state index is 13.0. The van der Waals surface area contributed by atoms with E-state index in [9.17, 15) is 9.18 Å². The monoisotopic (exact) mass is 289 g/mol. The van der Waals surface area contributed by atoms with Crippen molar-refractivity contribution in [1.82, 2.24) is 4.90 Å². The van der Waals surface area contributed by atoms with Crippen molar-refractivity contribution in [3.8, 4) is 5.75 Å². The Morgan fingerprint density at radius 3 is 2.69 bits per heavy atom. The molecule has 0 saturated carbocycles. The van der Waals surface area contributed by atoms with E-state index in [1.54, 1.807) is 21.0 Å². The molecule has 1 aromatic carbocycles. The van der Waals surface area contributed by atoms with Crippen molar-refractivity contribution in [2.24, 2.45) is 0 Å². The fraction of sp³-hybridized carbons (Fsp3) is 0.364. The van der Waals surface area contributed by atoms with E-state index < -0.39 is 11.9 Å². The van der Waals surface area contributed by atoms with Crippen LogP contribution in [0.5, 0.6) is 5.75 Å². The highest BCUT2D eigenvalue weighted by Crippen LogP contribution is 2.26. The minimum Gasteiger partial charge on any atom is -0.480 e. The van der Waals surface area contributed by atoms with E-state index in [4.69, 9.17) is 4.74 Å². The summed E-state index contributed by atoms with van der Waals surface area (Å²) in [5.41, 5.74) is 0. The fourth-order valence-corrected chi connectivity index (χ4v) is 1.51. The molecule has 88 valence electrons. The van der Waals surface area contributed by atoms with Crippen molar-refractivity contribution in [3.05, 3.63) is 28.5 Å². The molecule has 0 heterocycles. The largest absolute Gasteiger partial charge is 0.480 e. The molecule has 1 atom stereocenters. The number of carbonyl (C=O) groups excluding carboxylic acids is 1. The summed E-state index contributed by atoms with van der Waals surface area (Å²) in [6, 6.07) is 4.09. The number of benzene rings is 1. The van der Waals surface area contributed by atoms with Crippen molar-refractivity contribution >= 4 is 21.8 Å². The van der Waals surface area contributed by atoms with Gasteiger partial charge in [0, 0.05) is 20.2 Å². The highest BCUT2D eigenvalue weighted by molar-refractivity contribution is 9.10. The highest BCUT2D eigenvalue weighted by atomic mass is 79.9. The van der Waals surface area contributed by atoms with E-state index in [1.165, 1.54) is 23.1 Å². The summed E-state index contributed by atoms with van der Waals surface area (Å²) in [5.74, 6) is -0.249. The van der Waals surface area contributed by atoms with Gasteiger partial charge in [-0.1, -0.05) is 0 Å². The lowest BCUT2D eigenvalue weighted by molar-refractivity contribution is -0.135. The lowest BCUT2D eigenvalue weighted by Gasteiger charge is -2.18. The summed E-state index contributed by atoms with van der Waals surface area (Å²) in [5, 5.41) is 0. The fourth-order valence-electron chi connectivity index (χ4n) is 1.17. The zero-order chi connectivity index (χ0) is 12.3. The van der Waals surface area contributed by atoms with Crippen molar-refractivity contribution < 1.29 is 13.9 Å². The van der Waals surface area contributed by atoms with Gasteiger partial charge in [-0.15, -0.1) is 0 Å². The number of carbonyl (C=O) groups is 1. The first-order valence-corrected chi connectivity index (χ1v) is 5.54. The number of hydrogen-bond acceptors (Lipinski definition) is 2. The predicted molar refractivity (Wildman–Crippen MR) is 62.9 cm³/mol. The van der Waals surface area contributed by atoms with Crippen LogP contribution in [0.4, 0.5) is 4.39 Å². The summed E-state index contributed by atoms with van der Waals surface area (Å²) >= 11 is 3.23. The van der Waals surface area contributed by atoms with Crippen LogP contribution in [0.1, 0.15) is 6.92 Å². The lowest BCUT2D eigenvalue weighted by Crippen LogP contribution is -2.35. The molecule has 0 aromatic heterocycles. The molecule has 0 N–H and O–H groups in total. The van der Waals surface area contributed by atoms with Gasteiger partial charge in [-0.2, -0.15) is 0 Å². The molecular weight excluding hydrogens is 277 g/mol. The van der Waals surface area contributed by atoms with Gasteiger partial charge < -0.3 is 9.64 Å². The van der Waals surface area contributed by atoms with E-state index >= 15 is 0 Å².